The molecule has 7 nitrogen and oxygen atoms in total. The van der Waals surface area contributed by atoms with Gasteiger partial charge in [0.1, 0.15) is 5.76 Å². The summed E-state index contributed by atoms with van der Waals surface area (Å²) in [7, 11) is 0. The lowest BCUT2D eigenvalue weighted by Crippen LogP contribution is -2.52. The summed E-state index contributed by atoms with van der Waals surface area (Å²) >= 11 is 0. The number of likely N-dealkylation sites (tertiary alicyclic amines) is 1. The van der Waals surface area contributed by atoms with Crippen molar-refractivity contribution in [1.29, 1.82) is 0 Å². The van der Waals surface area contributed by atoms with E-state index in [1.165, 1.54) is 18.4 Å². The average molecular weight is 398 g/mol. The first-order valence-electron chi connectivity index (χ1n) is 10.6. The predicted molar refractivity (Wildman–Crippen MR) is 111 cm³/mol. The van der Waals surface area contributed by atoms with E-state index in [1.807, 2.05) is 36.1 Å². The van der Waals surface area contributed by atoms with Gasteiger partial charge in [0.15, 0.2) is 0 Å². The lowest BCUT2D eigenvalue weighted by atomic mass is 10.1. The van der Waals surface area contributed by atoms with Crippen LogP contribution >= 0.6 is 0 Å². The summed E-state index contributed by atoms with van der Waals surface area (Å²) in [6.45, 7) is 8.96. The number of carbonyl (C=O) groups is 1. The van der Waals surface area contributed by atoms with Gasteiger partial charge in [0.05, 0.1) is 11.7 Å². The second-order valence-corrected chi connectivity index (χ2v) is 8.11. The zero-order valence-electron chi connectivity index (χ0n) is 17.2. The van der Waals surface area contributed by atoms with E-state index in [4.69, 9.17) is 4.52 Å². The number of rotatable bonds is 6. The Morgan fingerprint density at radius 2 is 1.79 bits per heavy atom. The molecule has 2 saturated heterocycles. The lowest BCUT2D eigenvalue weighted by Gasteiger charge is -2.35. The molecule has 1 atom stereocenters. The lowest BCUT2D eigenvalue weighted by molar-refractivity contribution is 0.130. The molecule has 1 aromatic carbocycles. The van der Waals surface area contributed by atoms with Crippen molar-refractivity contribution in [2.45, 2.75) is 32.4 Å². The predicted octanol–water partition coefficient (Wildman–Crippen LogP) is 2.65. The second kappa shape index (κ2) is 9.41. The molecule has 156 valence electrons. The van der Waals surface area contributed by atoms with E-state index in [9.17, 15) is 4.79 Å². The number of piperazine rings is 1. The topological polar surface area (TPSA) is 64.8 Å². The molecule has 0 aliphatic carbocycles. The van der Waals surface area contributed by atoms with Gasteiger partial charge in [-0.2, -0.15) is 0 Å². The number of hydrogen-bond donors (Lipinski definition) is 1. The Morgan fingerprint density at radius 3 is 2.45 bits per heavy atom. The quantitative estimate of drug-likeness (QED) is 0.812. The number of nitrogens with zero attached hydrogens (tertiary/aromatic N) is 4. The van der Waals surface area contributed by atoms with Crippen molar-refractivity contribution < 1.29 is 9.32 Å². The summed E-state index contributed by atoms with van der Waals surface area (Å²) in [5.41, 5.74) is 2.13. The summed E-state index contributed by atoms with van der Waals surface area (Å²) in [4.78, 5) is 19.7. The fraction of sp³-hybridized carbons (Fsp3) is 0.545. The first-order valence-corrected chi connectivity index (χ1v) is 10.6. The number of nitrogens with one attached hydrogen (secondary N) is 1. The zero-order valence-corrected chi connectivity index (χ0v) is 17.2. The Hall–Kier alpha value is -2.38. The van der Waals surface area contributed by atoms with Gasteiger partial charge >= 0.3 is 6.03 Å². The molecule has 2 fully saturated rings. The molecule has 0 radical (unpaired) electrons. The summed E-state index contributed by atoms with van der Waals surface area (Å²) in [6, 6.07) is 12.4. The SMILES string of the molecule is Cc1cc(CN2CCN(C(=O)NC(CN3CCCC3)c3ccccc3)CC2)no1. The second-order valence-electron chi connectivity index (χ2n) is 8.11. The number of hydrogen-bond acceptors (Lipinski definition) is 5. The smallest absolute Gasteiger partial charge is 0.318 e. The van der Waals surface area contributed by atoms with Crippen molar-refractivity contribution in [3.63, 3.8) is 0 Å². The molecule has 2 aliphatic heterocycles. The third kappa shape index (κ3) is 5.36. The van der Waals surface area contributed by atoms with E-state index < -0.39 is 0 Å². The third-order valence-corrected chi connectivity index (χ3v) is 5.86. The molecule has 1 aromatic heterocycles. The van der Waals surface area contributed by atoms with Crippen molar-refractivity contribution >= 4 is 6.03 Å². The average Bonchev–Trinajstić information content (AvgIpc) is 3.40. The van der Waals surface area contributed by atoms with Crippen LogP contribution in [0.3, 0.4) is 0 Å². The van der Waals surface area contributed by atoms with Gasteiger partial charge in [-0.15, -0.1) is 0 Å². The van der Waals surface area contributed by atoms with Gasteiger partial charge in [0.2, 0.25) is 0 Å². The van der Waals surface area contributed by atoms with E-state index in [2.05, 4.69) is 32.4 Å². The van der Waals surface area contributed by atoms with Crippen molar-refractivity contribution in [2.24, 2.45) is 0 Å². The monoisotopic (exact) mass is 397 g/mol. The van der Waals surface area contributed by atoms with Gasteiger partial charge in [-0.25, -0.2) is 4.79 Å². The van der Waals surface area contributed by atoms with Crippen molar-refractivity contribution in [3.05, 3.63) is 53.4 Å². The molecule has 0 spiro atoms. The van der Waals surface area contributed by atoms with E-state index in [0.717, 1.165) is 63.8 Å². The summed E-state index contributed by atoms with van der Waals surface area (Å²) in [6.07, 6.45) is 2.50. The minimum Gasteiger partial charge on any atom is -0.361 e. The van der Waals surface area contributed by atoms with Crippen molar-refractivity contribution in [3.8, 4) is 0 Å². The molecule has 2 aliphatic rings. The Balaban J connectivity index is 1.31. The third-order valence-electron chi connectivity index (χ3n) is 5.86. The van der Waals surface area contributed by atoms with Crippen LogP contribution in [0.1, 0.15) is 35.9 Å². The van der Waals surface area contributed by atoms with E-state index in [1.54, 1.807) is 0 Å². The maximum absolute atomic E-state index is 13.0. The Bertz CT molecular complexity index is 780. The largest absolute Gasteiger partial charge is 0.361 e. The summed E-state index contributed by atoms with van der Waals surface area (Å²) < 4.78 is 5.15. The Labute approximate surface area is 172 Å². The zero-order chi connectivity index (χ0) is 20.1. The van der Waals surface area contributed by atoms with E-state index >= 15 is 0 Å². The highest BCUT2D eigenvalue weighted by Crippen LogP contribution is 2.18. The minimum absolute atomic E-state index is 0.0259. The van der Waals surface area contributed by atoms with Gasteiger partial charge in [0.25, 0.3) is 0 Å². The van der Waals surface area contributed by atoms with Crippen LogP contribution in [-0.4, -0.2) is 71.7 Å². The summed E-state index contributed by atoms with van der Waals surface area (Å²) in [5, 5.41) is 7.37. The minimum atomic E-state index is 0.0259. The number of urea groups is 1. The van der Waals surface area contributed by atoms with Crippen LogP contribution in [0, 0.1) is 6.92 Å². The molecule has 4 rings (SSSR count). The van der Waals surface area contributed by atoms with Crippen LogP contribution in [0.4, 0.5) is 4.79 Å². The number of amides is 2. The maximum Gasteiger partial charge on any atom is 0.318 e. The first kappa shape index (κ1) is 19.9. The number of aryl methyl sites for hydroxylation is 1. The van der Waals surface area contributed by atoms with E-state index in [-0.39, 0.29) is 12.1 Å². The molecule has 3 heterocycles. The highest BCUT2D eigenvalue weighted by atomic mass is 16.5. The van der Waals surface area contributed by atoms with Gasteiger partial charge in [-0.05, 0) is 38.4 Å². The van der Waals surface area contributed by atoms with E-state index in [0.29, 0.717) is 0 Å². The van der Waals surface area contributed by atoms with Crippen LogP contribution in [0.2, 0.25) is 0 Å². The molecule has 2 aromatic rings. The molecular weight excluding hydrogens is 366 g/mol. The molecule has 7 heteroatoms. The summed E-state index contributed by atoms with van der Waals surface area (Å²) in [5.74, 6) is 0.836. The van der Waals surface area contributed by atoms with Crippen LogP contribution in [0.25, 0.3) is 0 Å². The van der Waals surface area contributed by atoms with Crippen LogP contribution < -0.4 is 5.32 Å². The van der Waals surface area contributed by atoms with Crippen LogP contribution in [0.5, 0.6) is 0 Å². The molecule has 1 unspecified atom stereocenters. The normalized spacial score (nSPS) is 19.4. The molecule has 2 amide bonds. The number of benzene rings is 1. The first-order chi connectivity index (χ1) is 14.2. The highest BCUT2D eigenvalue weighted by Gasteiger charge is 2.26. The molecule has 29 heavy (non-hydrogen) atoms. The highest BCUT2D eigenvalue weighted by molar-refractivity contribution is 5.75. The van der Waals surface area contributed by atoms with Crippen LogP contribution in [0.15, 0.2) is 40.9 Å². The number of aromatic nitrogens is 1. The molecular formula is C22H31N5O2. The van der Waals surface area contributed by atoms with Gasteiger partial charge < -0.3 is 19.6 Å². The number of carbonyl (C=O) groups excluding carboxylic acids is 1. The Morgan fingerprint density at radius 1 is 1.07 bits per heavy atom. The fourth-order valence-corrected chi connectivity index (χ4v) is 4.21. The standard InChI is InChI=1S/C22H31N5O2/c1-18-15-20(24-29-18)16-26-11-13-27(14-12-26)22(28)23-21(17-25-9-5-6-10-25)19-7-3-2-4-8-19/h2-4,7-8,15,21H,5-6,9-14,16-17H2,1H3,(H,23,28). The van der Waals surface area contributed by atoms with Crippen LogP contribution in [-0.2, 0) is 6.54 Å². The Kier molecular flexibility index (Phi) is 6.46. The van der Waals surface area contributed by atoms with Gasteiger partial charge in [-0.3, -0.25) is 4.90 Å². The molecule has 0 bridgehead atoms. The van der Waals surface area contributed by atoms with Gasteiger partial charge in [0, 0.05) is 45.3 Å². The molecule has 0 saturated carbocycles. The molecule has 1 N–H and O–H groups in total. The fourth-order valence-electron chi connectivity index (χ4n) is 4.21. The van der Waals surface area contributed by atoms with Gasteiger partial charge in [-0.1, -0.05) is 35.5 Å². The maximum atomic E-state index is 13.0. The van der Waals surface area contributed by atoms with Crippen molar-refractivity contribution in [2.75, 3.05) is 45.8 Å². The van der Waals surface area contributed by atoms with Crippen molar-refractivity contribution in [1.82, 2.24) is 25.2 Å².